The van der Waals surface area contributed by atoms with Gasteiger partial charge in [0.2, 0.25) is 0 Å². The number of benzene rings is 1. The molecule has 1 saturated heterocycles. The van der Waals surface area contributed by atoms with E-state index in [9.17, 15) is 4.79 Å². The van der Waals surface area contributed by atoms with Gasteiger partial charge < -0.3 is 9.47 Å². The molecule has 0 bridgehead atoms. The molecule has 28 heavy (non-hydrogen) atoms. The van der Waals surface area contributed by atoms with Crippen LogP contribution < -0.4 is 4.87 Å². The number of nitrogens with zero attached hydrogens (tertiary/aromatic N) is 3. The molecule has 2 aliphatic heterocycles. The van der Waals surface area contributed by atoms with Gasteiger partial charge in [-0.1, -0.05) is 29.9 Å². The largest absolute Gasteiger partial charge is 0.307 e. The van der Waals surface area contributed by atoms with Crippen molar-refractivity contribution in [3.05, 3.63) is 45.1 Å². The summed E-state index contributed by atoms with van der Waals surface area (Å²) < 4.78 is 2.83. The minimum Gasteiger partial charge on any atom is -0.303 e. The zero-order valence-corrected chi connectivity index (χ0v) is 17.9. The topological polar surface area (TPSA) is 37.6 Å². The van der Waals surface area contributed by atoms with Crippen LogP contribution in [0.4, 0.5) is 0 Å². The lowest BCUT2D eigenvalue weighted by molar-refractivity contribution is 0.344. The Labute approximate surface area is 171 Å². The maximum atomic E-state index is 11.8. The molecule has 1 unspecified atom stereocenters. The van der Waals surface area contributed by atoms with Gasteiger partial charge in [-0.3, -0.25) is 9.79 Å². The lowest BCUT2D eigenvalue weighted by atomic mass is 9.93. The zero-order valence-electron chi connectivity index (χ0n) is 17.1. The van der Waals surface area contributed by atoms with Crippen molar-refractivity contribution in [1.29, 1.82) is 0 Å². The highest BCUT2D eigenvalue weighted by Crippen LogP contribution is 2.28. The van der Waals surface area contributed by atoms with Crippen LogP contribution in [0.5, 0.6) is 0 Å². The molecule has 1 atom stereocenters. The van der Waals surface area contributed by atoms with Crippen LogP contribution in [0.1, 0.15) is 51.0 Å². The number of fused-ring (bicyclic) bond motifs is 1. The number of hydrogen-bond donors (Lipinski definition) is 0. The first-order valence-corrected chi connectivity index (χ1v) is 11.4. The average Bonchev–Trinajstić information content (AvgIpc) is 3.39. The van der Waals surface area contributed by atoms with E-state index in [1.165, 1.54) is 61.4 Å². The SMILES string of the molecule is Cn1c(=O)sc2cc(CCCCC3(C)C=C(CCN4CCCC4)C=N3)ccc21. The summed E-state index contributed by atoms with van der Waals surface area (Å²) in [5.41, 5.74) is 3.77. The molecule has 0 saturated carbocycles. The first kappa shape index (κ1) is 19.6. The summed E-state index contributed by atoms with van der Waals surface area (Å²) in [7, 11) is 1.84. The smallest absolute Gasteiger partial charge is 0.303 e. The van der Waals surface area contributed by atoms with Crippen LogP contribution in [-0.4, -0.2) is 40.9 Å². The first-order chi connectivity index (χ1) is 13.5. The minimum absolute atomic E-state index is 0.0107. The minimum atomic E-state index is -0.0107. The number of aromatic nitrogens is 1. The third-order valence-corrected chi connectivity index (χ3v) is 7.19. The molecule has 150 valence electrons. The Hall–Kier alpha value is -1.72. The second kappa shape index (κ2) is 8.34. The number of hydrogen-bond acceptors (Lipinski definition) is 4. The Kier molecular flexibility index (Phi) is 5.83. The van der Waals surface area contributed by atoms with Gasteiger partial charge >= 0.3 is 4.87 Å². The van der Waals surface area contributed by atoms with E-state index >= 15 is 0 Å². The average molecular weight is 398 g/mol. The fourth-order valence-electron chi connectivity index (χ4n) is 4.42. The van der Waals surface area contributed by atoms with E-state index in [2.05, 4.69) is 42.3 Å². The highest BCUT2D eigenvalue weighted by molar-refractivity contribution is 7.16. The highest BCUT2D eigenvalue weighted by Gasteiger charge is 2.24. The van der Waals surface area contributed by atoms with Gasteiger partial charge in [0.1, 0.15) is 0 Å². The van der Waals surface area contributed by atoms with Gasteiger partial charge in [0.15, 0.2) is 0 Å². The molecule has 0 spiro atoms. The maximum absolute atomic E-state index is 11.8. The van der Waals surface area contributed by atoms with Crippen LogP contribution in [0.25, 0.3) is 10.2 Å². The van der Waals surface area contributed by atoms with Crippen molar-refractivity contribution in [3.8, 4) is 0 Å². The van der Waals surface area contributed by atoms with E-state index < -0.39 is 0 Å². The summed E-state index contributed by atoms with van der Waals surface area (Å²) in [5.74, 6) is 0. The van der Waals surface area contributed by atoms with Crippen LogP contribution in [0.2, 0.25) is 0 Å². The van der Waals surface area contributed by atoms with Crippen LogP contribution in [0, 0.1) is 0 Å². The third kappa shape index (κ3) is 4.47. The van der Waals surface area contributed by atoms with E-state index in [-0.39, 0.29) is 10.4 Å². The Bertz CT molecular complexity index is 948. The Morgan fingerprint density at radius 2 is 2.00 bits per heavy atom. The number of unbranched alkanes of at least 4 members (excludes halogenated alkanes) is 1. The first-order valence-electron chi connectivity index (χ1n) is 10.6. The van der Waals surface area contributed by atoms with E-state index in [0.29, 0.717) is 0 Å². The predicted molar refractivity (Wildman–Crippen MR) is 120 cm³/mol. The van der Waals surface area contributed by atoms with Gasteiger partial charge in [0.25, 0.3) is 0 Å². The molecule has 2 aromatic rings. The molecule has 0 amide bonds. The summed E-state index contributed by atoms with van der Waals surface area (Å²) in [6.45, 7) is 5.99. The molecule has 0 N–H and O–H groups in total. The quantitative estimate of drug-likeness (QED) is 0.612. The molecular formula is C23H31N3OS. The highest BCUT2D eigenvalue weighted by atomic mass is 32.1. The molecular weight excluding hydrogens is 366 g/mol. The van der Waals surface area contributed by atoms with Crippen LogP contribution >= 0.6 is 11.3 Å². The van der Waals surface area contributed by atoms with Crippen LogP contribution in [0.15, 0.2) is 39.6 Å². The molecule has 1 fully saturated rings. The van der Waals surface area contributed by atoms with E-state index in [0.717, 1.165) is 35.9 Å². The van der Waals surface area contributed by atoms with Crippen molar-refractivity contribution in [2.24, 2.45) is 12.0 Å². The number of aliphatic imine (C=N–C) groups is 1. The van der Waals surface area contributed by atoms with Crippen molar-refractivity contribution in [1.82, 2.24) is 9.47 Å². The molecule has 4 rings (SSSR count). The van der Waals surface area contributed by atoms with Gasteiger partial charge in [-0.15, -0.1) is 0 Å². The van der Waals surface area contributed by atoms with Gasteiger partial charge in [0.05, 0.1) is 15.8 Å². The van der Waals surface area contributed by atoms with Crippen molar-refractivity contribution in [3.63, 3.8) is 0 Å². The summed E-state index contributed by atoms with van der Waals surface area (Å²) >= 11 is 1.34. The molecule has 1 aromatic carbocycles. The molecule has 0 aliphatic carbocycles. The molecule has 2 aliphatic rings. The Balaban J connectivity index is 1.24. The van der Waals surface area contributed by atoms with E-state index in [1.807, 2.05) is 7.05 Å². The summed E-state index contributed by atoms with van der Waals surface area (Å²) in [6.07, 6.45) is 12.9. The van der Waals surface area contributed by atoms with Crippen molar-refractivity contribution >= 4 is 27.8 Å². The number of likely N-dealkylation sites (tertiary alicyclic amines) is 1. The lowest BCUT2D eigenvalue weighted by Crippen LogP contribution is -2.21. The van der Waals surface area contributed by atoms with Gasteiger partial charge in [-0.25, -0.2) is 0 Å². The normalized spacial score (nSPS) is 22.4. The molecule has 1 aromatic heterocycles. The second-order valence-corrected chi connectivity index (χ2v) is 9.56. The third-order valence-electron chi connectivity index (χ3n) is 6.19. The monoisotopic (exact) mass is 397 g/mol. The van der Waals surface area contributed by atoms with E-state index in [1.54, 1.807) is 4.57 Å². The Morgan fingerprint density at radius 3 is 2.82 bits per heavy atom. The number of thiazole rings is 1. The predicted octanol–water partition coefficient (Wildman–Crippen LogP) is 4.57. The maximum Gasteiger partial charge on any atom is 0.307 e. The molecule has 0 radical (unpaired) electrons. The summed E-state index contributed by atoms with van der Waals surface area (Å²) in [6, 6.07) is 6.44. The van der Waals surface area contributed by atoms with Crippen molar-refractivity contribution in [2.45, 2.75) is 57.4 Å². The molecule has 4 nitrogen and oxygen atoms in total. The molecule has 5 heteroatoms. The van der Waals surface area contributed by atoms with Gasteiger partial charge in [0, 0.05) is 19.8 Å². The lowest BCUT2D eigenvalue weighted by Gasteiger charge is -2.18. The number of aryl methyl sites for hydroxylation is 2. The zero-order chi connectivity index (χ0) is 19.6. The Morgan fingerprint density at radius 1 is 1.18 bits per heavy atom. The van der Waals surface area contributed by atoms with Gasteiger partial charge in [-0.05, 0) is 81.8 Å². The van der Waals surface area contributed by atoms with Crippen LogP contribution in [0.3, 0.4) is 0 Å². The van der Waals surface area contributed by atoms with Crippen molar-refractivity contribution in [2.75, 3.05) is 19.6 Å². The molecule has 3 heterocycles. The van der Waals surface area contributed by atoms with Gasteiger partial charge in [-0.2, -0.15) is 0 Å². The summed E-state index contributed by atoms with van der Waals surface area (Å²) in [5, 5.41) is 0. The van der Waals surface area contributed by atoms with Crippen molar-refractivity contribution < 1.29 is 0 Å². The fourth-order valence-corrected chi connectivity index (χ4v) is 5.36. The fraction of sp³-hybridized carbons (Fsp3) is 0.565. The summed E-state index contributed by atoms with van der Waals surface area (Å²) in [4.78, 5) is 19.3. The standard InChI is InChI=1S/C23H31N3OS/c1-23(16-19(17-24-23)10-14-26-12-5-6-13-26)11-4-3-7-18-8-9-20-21(15-18)28-22(27)25(20)2/h8-9,15-17H,3-7,10-14H2,1-2H3. The van der Waals surface area contributed by atoms with Crippen LogP contribution in [-0.2, 0) is 13.5 Å². The number of rotatable bonds is 8. The second-order valence-electron chi connectivity index (χ2n) is 8.57. The van der Waals surface area contributed by atoms with E-state index in [4.69, 9.17) is 4.99 Å².